The van der Waals surface area contributed by atoms with E-state index in [1.807, 2.05) is 32.0 Å². The number of hydrogen-bond donors (Lipinski definition) is 0. The molecule has 0 N–H and O–H groups in total. The Morgan fingerprint density at radius 1 is 1.46 bits per heavy atom. The van der Waals surface area contributed by atoms with Gasteiger partial charge in [0, 0.05) is 5.56 Å². The van der Waals surface area contributed by atoms with Crippen molar-refractivity contribution in [3.05, 3.63) is 29.3 Å². The van der Waals surface area contributed by atoms with Gasteiger partial charge in [-0.1, -0.05) is 19.1 Å². The number of aryl methyl sites for hydroxylation is 1. The second-order valence-electron chi connectivity index (χ2n) is 3.19. The van der Waals surface area contributed by atoms with Gasteiger partial charge in [0.05, 0.1) is 5.54 Å². The van der Waals surface area contributed by atoms with E-state index in [2.05, 4.69) is 0 Å². The van der Waals surface area contributed by atoms with E-state index in [1.54, 1.807) is 0 Å². The third-order valence-corrected chi connectivity index (χ3v) is 3.53. The molecule has 0 bridgehead atoms. The Balaban J connectivity index is 2.57. The first-order valence-corrected chi connectivity index (χ1v) is 5.57. The van der Waals surface area contributed by atoms with Crippen molar-refractivity contribution in [2.24, 2.45) is 0 Å². The van der Waals surface area contributed by atoms with Crippen molar-refractivity contribution in [1.82, 2.24) is 0 Å². The molecule has 0 saturated carbocycles. The van der Waals surface area contributed by atoms with Crippen LogP contribution in [0.4, 0.5) is 0 Å². The molecule has 0 radical (unpaired) electrons. The van der Waals surface area contributed by atoms with Gasteiger partial charge < -0.3 is 13.9 Å². The lowest BCUT2D eigenvalue weighted by Gasteiger charge is -2.20. The van der Waals surface area contributed by atoms with Crippen LogP contribution in [0.1, 0.15) is 23.6 Å². The van der Waals surface area contributed by atoms with Gasteiger partial charge in [0.25, 0.3) is 0 Å². The van der Waals surface area contributed by atoms with E-state index in [0.717, 1.165) is 11.1 Å². The molecule has 68 valence electrons. The minimum atomic E-state index is -2.08. The molecule has 1 atom stereocenters. The van der Waals surface area contributed by atoms with Crippen molar-refractivity contribution in [3.63, 3.8) is 0 Å². The zero-order valence-corrected chi connectivity index (χ0v) is 8.53. The van der Waals surface area contributed by atoms with Crippen LogP contribution in [0.15, 0.2) is 18.2 Å². The summed E-state index contributed by atoms with van der Waals surface area (Å²) in [5.41, 5.74) is 2.07. The average Bonchev–Trinajstić information content (AvgIpc) is 2.12. The highest BCUT2D eigenvalue weighted by Gasteiger charge is 2.31. The second-order valence-corrected chi connectivity index (χ2v) is 4.86. The summed E-state index contributed by atoms with van der Waals surface area (Å²) in [5, 5.41) is 0. The third kappa shape index (κ3) is 1.27. The first kappa shape index (κ1) is 8.44. The SMILES string of the molecule is Cc1cccc2c1C(C)[Si](=O)OO2. The predicted octanol–water partition coefficient (Wildman–Crippen LogP) is 1.88. The van der Waals surface area contributed by atoms with Crippen molar-refractivity contribution >= 4 is 8.93 Å². The van der Waals surface area contributed by atoms with Crippen LogP contribution in [0, 0.1) is 6.92 Å². The van der Waals surface area contributed by atoms with Gasteiger partial charge in [-0.15, -0.1) is 0 Å². The maximum atomic E-state index is 11.3. The Hall–Kier alpha value is -1.16. The second kappa shape index (κ2) is 2.96. The van der Waals surface area contributed by atoms with Crippen LogP contribution in [-0.4, -0.2) is 8.93 Å². The quantitative estimate of drug-likeness (QED) is 0.467. The van der Waals surface area contributed by atoms with Crippen molar-refractivity contribution in [1.29, 1.82) is 0 Å². The molecule has 1 heterocycles. The molecule has 1 aliphatic heterocycles. The molecule has 0 aromatic heterocycles. The fraction of sp³-hybridized carbons (Fsp3) is 0.333. The van der Waals surface area contributed by atoms with E-state index >= 15 is 0 Å². The monoisotopic (exact) mass is 194 g/mol. The largest absolute Gasteiger partial charge is 0.562 e. The van der Waals surface area contributed by atoms with E-state index in [0.29, 0.717) is 5.75 Å². The Labute approximate surface area is 78.0 Å². The van der Waals surface area contributed by atoms with E-state index in [9.17, 15) is 4.46 Å². The molecule has 1 aliphatic rings. The molecule has 0 aliphatic carbocycles. The summed E-state index contributed by atoms with van der Waals surface area (Å²) in [4.78, 5) is 4.92. The molecule has 4 heteroatoms. The summed E-state index contributed by atoms with van der Waals surface area (Å²) in [7, 11) is -2.08. The van der Waals surface area contributed by atoms with Crippen LogP contribution < -0.4 is 4.89 Å². The smallest absolute Gasteiger partial charge is 0.329 e. The Bertz CT molecular complexity index is 362. The molecule has 3 nitrogen and oxygen atoms in total. The highest BCUT2D eigenvalue weighted by molar-refractivity contribution is 6.37. The van der Waals surface area contributed by atoms with Crippen molar-refractivity contribution < 1.29 is 13.9 Å². The molecule has 1 aromatic rings. The normalized spacial score (nSPS) is 20.2. The highest BCUT2D eigenvalue weighted by atomic mass is 28.3. The van der Waals surface area contributed by atoms with Crippen molar-refractivity contribution in [2.45, 2.75) is 19.4 Å². The molecule has 1 aromatic carbocycles. The van der Waals surface area contributed by atoms with Crippen LogP contribution in [0.3, 0.4) is 0 Å². The van der Waals surface area contributed by atoms with Gasteiger partial charge in [0.1, 0.15) is 0 Å². The molecular formula is C9H10O3Si. The molecular weight excluding hydrogens is 184 g/mol. The fourth-order valence-corrected chi connectivity index (χ4v) is 2.48. The molecule has 2 rings (SSSR count). The minimum absolute atomic E-state index is 0.0463. The lowest BCUT2D eigenvalue weighted by molar-refractivity contribution is -0.119. The molecule has 1 unspecified atom stereocenters. The summed E-state index contributed by atoms with van der Waals surface area (Å²) in [6, 6.07) is 5.71. The van der Waals surface area contributed by atoms with Gasteiger partial charge in [-0.2, -0.15) is 0 Å². The summed E-state index contributed by atoms with van der Waals surface area (Å²) in [6.07, 6.45) is 0. The molecule has 13 heavy (non-hydrogen) atoms. The summed E-state index contributed by atoms with van der Waals surface area (Å²) in [5.74, 6) is 0.692. The van der Waals surface area contributed by atoms with Gasteiger partial charge in [-0.3, -0.25) is 0 Å². The van der Waals surface area contributed by atoms with Crippen LogP contribution >= 0.6 is 0 Å². The van der Waals surface area contributed by atoms with Crippen LogP contribution in [-0.2, 0) is 9.04 Å². The Morgan fingerprint density at radius 2 is 2.23 bits per heavy atom. The predicted molar refractivity (Wildman–Crippen MR) is 47.7 cm³/mol. The van der Waals surface area contributed by atoms with Gasteiger partial charge in [-0.05, 0) is 18.6 Å². The zero-order valence-electron chi connectivity index (χ0n) is 7.53. The van der Waals surface area contributed by atoms with Crippen LogP contribution in [0.25, 0.3) is 0 Å². The maximum absolute atomic E-state index is 11.3. The Morgan fingerprint density at radius 3 is 3.00 bits per heavy atom. The average molecular weight is 194 g/mol. The number of benzene rings is 1. The van der Waals surface area contributed by atoms with Crippen molar-refractivity contribution in [2.75, 3.05) is 0 Å². The standard InChI is InChI=1S/C9H10O3Si/c1-6-4-3-5-8-9(6)7(2)13(10)12-11-8/h3-5,7H,1-2H3. The van der Waals surface area contributed by atoms with E-state index in [1.165, 1.54) is 0 Å². The Kier molecular flexibility index (Phi) is 1.92. The number of rotatable bonds is 0. The number of hydrogen-bond acceptors (Lipinski definition) is 3. The van der Waals surface area contributed by atoms with Gasteiger partial charge in [0.2, 0.25) is 0 Å². The summed E-state index contributed by atoms with van der Waals surface area (Å²) >= 11 is 0. The van der Waals surface area contributed by atoms with E-state index in [4.69, 9.17) is 9.46 Å². The third-order valence-electron chi connectivity index (χ3n) is 2.28. The first-order valence-electron chi connectivity index (χ1n) is 4.18. The highest BCUT2D eigenvalue weighted by Crippen LogP contribution is 2.33. The topological polar surface area (TPSA) is 35.5 Å². The zero-order chi connectivity index (χ0) is 9.42. The van der Waals surface area contributed by atoms with Gasteiger partial charge in [-0.25, -0.2) is 0 Å². The molecule has 0 spiro atoms. The molecule has 0 amide bonds. The van der Waals surface area contributed by atoms with E-state index in [-0.39, 0.29) is 5.54 Å². The first-order chi connectivity index (χ1) is 6.20. The lowest BCUT2D eigenvalue weighted by atomic mass is 10.1. The molecule has 0 fully saturated rings. The van der Waals surface area contributed by atoms with Crippen molar-refractivity contribution in [3.8, 4) is 5.75 Å². The summed E-state index contributed by atoms with van der Waals surface area (Å²) < 4.78 is 16.1. The van der Waals surface area contributed by atoms with Crippen LogP contribution in [0.2, 0.25) is 0 Å². The molecule has 0 saturated heterocycles. The summed E-state index contributed by atoms with van der Waals surface area (Å²) in [6.45, 7) is 3.88. The van der Waals surface area contributed by atoms with Crippen LogP contribution in [0.5, 0.6) is 5.75 Å². The van der Waals surface area contributed by atoms with Gasteiger partial charge >= 0.3 is 8.93 Å². The number of fused-ring (bicyclic) bond motifs is 1. The minimum Gasteiger partial charge on any atom is -0.329 e. The lowest BCUT2D eigenvalue weighted by Crippen LogP contribution is -2.24. The fourth-order valence-electron chi connectivity index (χ4n) is 1.56. The maximum Gasteiger partial charge on any atom is 0.562 e. The van der Waals surface area contributed by atoms with E-state index < -0.39 is 8.93 Å². The van der Waals surface area contributed by atoms with Gasteiger partial charge in [0.15, 0.2) is 5.75 Å².